The Morgan fingerprint density at radius 2 is 1.52 bits per heavy atom. The highest BCUT2D eigenvalue weighted by atomic mass is 35.5. The number of halogens is 1. The Morgan fingerprint density at radius 1 is 1.00 bits per heavy atom. The topological polar surface area (TPSA) is 105 Å². The van der Waals surface area contributed by atoms with Gasteiger partial charge in [0.15, 0.2) is 0 Å². The average Bonchev–Trinajstić information content (AvgIpc) is 2.53. The van der Waals surface area contributed by atoms with Gasteiger partial charge in [-0.05, 0) is 31.7 Å². The van der Waals surface area contributed by atoms with Crippen LogP contribution in [0.3, 0.4) is 0 Å². The fourth-order valence-corrected chi connectivity index (χ4v) is 1.88. The Bertz CT molecular complexity index is 470. The summed E-state index contributed by atoms with van der Waals surface area (Å²) in [6, 6.07) is 8.00. The number of hydrogen-bond acceptors (Lipinski definition) is 6. The van der Waals surface area contributed by atoms with Crippen LogP contribution >= 0.6 is 12.4 Å². The van der Waals surface area contributed by atoms with Crippen molar-refractivity contribution >= 4 is 24.3 Å². The standard InChI is InChI=1S/C16H24N2O4.ClH/c1-2-21-15(19)13(17)9-6-10-14(18)16(20)22-11-12-7-4-3-5-8-12;/h3-5,7-8,13-14H,2,6,9-11,17-18H2,1H3;1H/t13-,14?;/m0./s1. The third-order valence-corrected chi connectivity index (χ3v) is 3.15. The number of esters is 2. The van der Waals surface area contributed by atoms with Gasteiger partial charge >= 0.3 is 11.9 Å². The van der Waals surface area contributed by atoms with E-state index in [-0.39, 0.29) is 19.0 Å². The summed E-state index contributed by atoms with van der Waals surface area (Å²) >= 11 is 0. The molecule has 6 nitrogen and oxygen atoms in total. The molecule has 1 unspecified atom stereocenters. The number of hydrogen-bond donors (Lipinski definition) is 2. The maximum absolute atomic E-state index is 11.8. The second kappa shape index (κ2) is 11.9. The second-order valence-electron chi connectivity index (χ2n) is 4.99. The molecular weight excluding hydrogens is 320 g/mol. The molecule has 0 spiro atoms. The summed E-state index contributed by atoms with van der Waals surface area (Å²) in [5, 5.41) is 0. The number of nitrogens with two attached hydrogens (primary N) is 2. The maximum Gasteiger partial charge on any atom is 0.323 e. The number of carbonyl (C=O) groups is 2. The Labute approximate surface area is 142 Å². The summed E-state index contributed by atoms with van der Waals surface area (Å²) in [7, 11) is 0. The number of ether oxygens (including phenoxy) is 2. The summed E-state index contributed by atoms with van der Waals surface area (Å²) in [6.45, 7) is 2.23. The number of benzene rings is 1. The van der Waals surface area contributed by atoms with Gasteiger partial charge in [-0.1, -0.05) is 30.3 Å². The van der Waals surface area contributed by atoms with Gasteiger partial charge < -0.3 is 20.9 Å². The van der Waals surface area contributed by atoms with E-state index in [1.54, 1.807) is 6.92 Å². The van der Waals surface area contributed by atoms with E-state index in [9.17, 15) is 9.59 Å². The molecule has 1 rings (SSSR count). The quantitative estimate of drug-likeness (QED) is 0.658. The fraction of sp³-hybridized carbons (Fsp3) is 0.500. The van der Waals surface area contributed by atoms with Crippen LogP contribution < -0.4 is 11.5 Å². The first-order valence-electron chi connectivity index (χ1n) is 7.43. The van der Waals surface area contributed by atoms with Crippen LogP contribution in [0.1, 0.15) is 31.7 Å². The van der Waals surface area contributed by atoms with E-state index < -0.39 is 24.0 Å². The van der Waals surface area contributed by atoms with Gasteiger partial charge in [-0.2, -0.15) is 0 Å². The molecular formula is C16H25ClN2O4. The van der Waals surface area contributed by atoms with Gasteiger partial charge in [0.2, 0.25) is 0 Å². The minimum Gasteiger partial charge on any atom is -0.465 e. The predicted octanol–water partition coefficient (Wildman–Crippen LogP) is 1.54. The summed E-state index contributed by atoms with van der Waals surface area (Å²) in [5.41, 5.74) is 12.3. The largest absolute Gasteiger partial charge is 0.465 e. The van der Waals surface area contributed by atoms with Gasteiger partial charge in [-0.25, -0.2) is 0 Å². The van der Waals surface area contributed by atoms with E-state index in [0.717, 1.165) is 5.56 Å². The maximum atomic E-state index is 11.8. The van der Waals surface area contributed by atoms with E-state index in [1.165, 1.54) is 0 Å². The van der Waals surface area contributed by atoms with E-state index in [2.05, 4.69) is 0 Å². The van der Waals surface area contributed by atoms with E-state index >= 15 is 0 Å². The molecule has 0 aromatic heterocycles. The first kappa shape index (κ1) is 21.4. The highest BCUT2D eigenvalue weighted by molar-refractivity contribution is 5.85. The predicted molar refractivity (Wildman–Crippen MR) is 89.9 cm³/mol. The van der Waals surface area contributed by atoms with Gasteiger partial charge in [0.05, 0.1) is 6.61 Å². The Morgan fingerprint density at radius 3 is 2.04 bits per heavy atom. The van der Waals surface area contributed by atoms with Crippen LogP contribution in [-0.2, 0) is 25.7 Å². The van der Waals surface area contributed by atoms with Gasteiger partial charge in [0.25, 0.3) is 0 Å². The van der Waals surface area contributed by atoms with Crippen LogP contribution in [-0.4, -0.2) is 30.6 Å². The van der Waals surface area contributed by atoms with Crippen molar-refractivity contribution in [3.8, 4) is 0 Å². The van der Waals surface area contributed by atoms with Crippen LogP contribution in [0.5, 0.6) is 0 Å². The Hall–Kier alpha value is -1.63. The smallest absolute Gasteiger partial charge is 0.323 e. The van der Waals surface area contributed by atoms with Crippen molar-refractivity contribution in [2.45, 2.75) is 44.9 Å². The molecule has 23 heavy (non-hydrogen) atoms. The van der Waals surface area contributed by atoms with E-state index in [0.29, 0.717) is 25.9 Å². The molecule has 0 fully saturated rings. The second-order valence-corrected chi connectivity index (χ2v) is 4.99. The molecule has 0 radical (unpaired) electrons. The lowest BCUT2D eigenvalue weighted by atomic mass is 10.1. The molecule has 4 N–H and O–H groups in total. The van der Waals surface area contributed by atoms with Crippen LogP contribution in [0.25, 0.3) is 0 Å². The molecule has 0 saturated heterocycles. The van der Waals surface area contributed by atoms with Crippen molar-refractivity contribution < 1.29 is 19.1 Å². The SMILES string of the molecule is CCOC(=O)[C@@H](N)CCCC(N)C(=O)OCc1ccccc1.Cl. The van der Waals surface area contributed by atoms with Crippen molar-refractivity contribution in [3.63, 3.8) is 0 Å². The molecule has 2 atom stereocenters. The molecule has 0 aliphatic carbocycles. The van der Waals surface area contributed by atoms with Crippen LogP contribution in [0.2, 0.25) is 0 Å². The van der Waals surface area contributed by atoms with Crippen molar-refractivity contribution in [1.82, 2.24) is 0 Å². The lowest BCUT2D eigenvalue weighted by Gasteiger charge is -2.13. The Kier molecular flexibility index (Phi) is 11.0. The lowest BCUT2D eigenvalue weighted by Crippen LogP contribution is -2.35. The van der Waals surface area contributed by atoms with Gasteiger partial charge in [-0.15, -0.1) is 12.4 Å². The summed E-state index contributed by atoms with van der Waals surface area (Å²) in [6.07, 6.45) is 1.40. The minimum atomic E-state index is -0.710. The van der Waals surface area contributed by atoms with Crippen molar-refractivity contribution in [3.05, 3.63) is 35.9 Å². The van der Waals surface area contributed by atoms with Gasteiger partial charge in [0.1, 0.15) is 18.7 Å². The highest BCUT2D eigenvalue weighted by Gasteiger charge is 2.18. The van der Waals surface area contributed by atoms with Gasteiger partial charge in [-0.3, -0.25) is 9.59 Å². The minimum absolute atomic E-state index is 0. The van der Waals surface area contributed by atoms with Crippen molar-refractivity contribution in [1.29, 1.82) is 0 Å². The van der Waals surface area contributed by atoms with Crippen LogP contribution in [0.15, 0.2) is 30.3 Å². The first-order chi connectivity index (χ1) is 10.5. The zero-order chi connectivity index (χ0) is 16.4. The zero-order valence-electron chi connectivity index (χ0n) is 13.3. The van der Waals surface area contributed by atoms with Crippen molar-refractivity contribution in [2.75, 3.05) is 6.61 Å². The molecule has 1 aromatic carbocycles. The first-order valence-corrected chi connectivity index (χ1v) is 7.43. The highest BCUT2D eigenvalue weighted by Crippen LogP contribution is 2.06. The number of rotatable bonds is 9. The summed E-state index contributed by atoms with van der Waals surface area (Å²) < 4.78 is 9.96. The normalized spacial score (nSPS) is 12.7. The third kappa shape index (κ3) is 8.54. The molecule has 0 heterocycles. The lowest BCUT2D eigenvalue weighted by molar-refractivity contribution is -0.146. The van der Waals surface area contributed by atoms with E-state index in [1.807, 2.05) is 30.3 Å². The molecule has 130 valence electrons. The summed E-state index contributed by atoms with van der Waals surface area (Å²) in [5.74, 6) is -0.878. The van der Waals surface area contributed by atoms with Crippen LogP contribution in [0.4, 0.5) is 0 Å². The van der Waals surface area contributed by atoms with E-state index in [4.69, 9.17) is 20.9 Å². The molecule has 0 aliphatic heterocycles. The molecule has 7 heteroatoms. The van der Waals surface area contributed by atoms with Crippen molar-refractivity contribution in [2.24, 2.45) is 11.5 Å². The third-order valence-electron chi connectivity index (χ3n) is 3.15. The molecule has 1 aromatic rings. The van der Waals surface area contributed by atoms with Crippen LogP contribution in [0, 0.1) is 0 Å². The molecule has 0 bridgehead atoms. The van der Waals surface area contributed by atoms with Gasteiger partial charge in [0, 0.05) is 0 Å². The zero-order valence-corrected chi connectivity index (χ0v) is 14.1. The monoisotopic (exact) mass is 344 g/mol. The molecule has 0 saturated carbocycles. The molecule has 0 aliphatic rings. The fourth-order valence-electron chi connectivity index (χ4n) is 1.88. The Balaban J connectivity index is 0.00000484. The average molecular weight is 345 g/mol. The summed E-state index contributed by atoms with van der Waals surface area (Å²) in [4.78, 5) is 23.1. The molecule has 0 amide bonds. The number of carbonyl (C=O) groups excluding carboxylic acids is 2.